The van der Waals surface area contributed by atoms with Crippen molar-refractivity contribution in [3.05, 3.63) is 71.8 Å². The summed E-state index contributed by atoms with van der Waals surface area (Å²) in [4.78, 5) is 51.6. The minimum absolute atomic E-state index is 0.0379. The van der Waals surface area contributed by atoms with E-state index in [1.54, 1.807) is 17.0 Å². The number of aryl methyl sites for hydroxylation is 1. The lowest BCUT2D eigenvalue weighted by atomic mass is 9.74. The molecule has 2 aromatic rings. The zero-order chi connectivity index (χ0) is 23.3. The van der Waals surface area contributed by atoms with Gasteiger partial charge in [-0.25, -0.2) is 4.79 Å². The maximum Gasteiger partial charge on any atom is 0.322 e. The number of Topliss-reactive ketones (excluding diaryl/α,β-unsaturated/α-hetero) is 1. The van der Waals surface area contributed by atoms with Crippen molar-refractivity contribution in [2.75, 3.05) is 13.1 Å². The highest BCUT2D eigenvalue weighted by Crippen LogP contribution is 2.35. The van der Waals surface area contributed by atoms with Crippen molar-refractivity contribution >= 4 is 23.6 Å². The molecule has 0 aliphatic carbocycles. The van der Waals surface area contributed by atoms with Crippen LogP contribution in [0, 0.1) is 5.92 Å². The molecule has 2 heterocycles. The van der Waals surface area contributed by atoms with E-state index in [4.69, 9.17) is 0 Å². The number of hydrogen-bond donors (Lipinski definition) is 2. The summed E-state index contributed by atoms with van der Waals surface area (Å²) in [6.07, 6.45) is 2.80. The molecule has 2 fully saturated rings. The number of imide groups is 1. The number of urea groups is 1. The molecule has 2 saturated heterocycles. The van der Waals surface area contributed by atoms with Gasteiger partial charge in [-0.15, -0.1) is 0 Å². The van der Waals surface area contributed by atoms with Gasteiger partial charge < -0.3 is 10.2 Å². The van der Waals surface area contributed by atoms with Crippen molar-refractivity contribution < 1.29 is 19.2 Å². The molecule has 1 atom stereocenters. The fourth-order valence-electron chi connectivity index (χ4n) is 4.93. The van der Waals surface area contributed by atoms with Gasteiger partial charge in [-0.2, -0.15) is 0 Å². The van der Waals surface area contributed by atoms with Crippen LogP contribution in [-0.4, -0.2) is 47.2 Å². The van der Waals surface area contributed by atoms with Crippen LogP contribution >= 0.6 is 0 Å². The Morgan fingerprint density at radius 1 is 0.909 bits per heavy atom. The Morgan fingerprint density at radius 2 is 1.55 bits per heavy atom. The van der Waals surface area contributed by atoms with Gasteiger partial charge in [-0.1, -0.05) is 60.7 Å². The zero-order valence-corrected chi connectivity index (χ0v) is 18.6. The first-order valence-electron chi connectivity index (χ1n) is 11.5. The van der Waals surface area contributed by atoms with Crippen LogP contribution in [0.1, 0.15) is 48.0 Å². The lowest BCUT2D eigenvalue weighted by Gasteiger charge is -2.40. The third-order valence-electron chi connectivity index (χ3n) is 6.83. The number of amides is 4. The lowest BCUT2D eigenvalue weighted by Crippen LogP contribution is -2.56. The number of ketones is 1. The van der Waals surface area contributed by atoms with Crippen molar-refractivity contribution in [1.82, 2.24) is 15.5 Å². The Labute approximate surface area is 193 Å². The van der Waals surface area contributed by atoms with Crippen LogP contribution in [0.15, 0.2) is 60.7 Å². The van der Waals surface area contributed by atoms with Gasteiger partial charge in [0, 0.05) is 31.5 Å². The van der Waals surface area contributed by atoms with E-state index in [1.165, 1.54) is 0 Å². The van der Waals surface area contributed by atoms with Gasteiger partial charge in [0.05, 0.1) is 0 Å². The lowest BCUT2D eigenvalue weighted by molar-refractivity contribution is -0.133. The molecule has 2 aliphatic heterocycles. The fourth-order valence-corrected chi connectivity index (χ4v) is 4.93. The highest BCUT2D eigenvalue weighted by atomic mass is 16.2. The number of nitrogens with zero attached hydrogens (tertiary/aromatic N) is 1. The van der Waals surface area contributed by atoms with E-state index in [-0.39, 0.29) is 36.4 Å². The second-order valence-corrected chi connectivity index (χ2v) is 8.81. The topological polar surface area (TPSA) is 95.6 Å². The second-order valence-electron chi connectivity index (χ2n) is 8.81. The summed E-state index contributed by atoms with van der Waals surface area (Å²) in [6, 6.07) is 18.4. The Balaban J connectivity index is 1.34. The van der Waals surface area contributed by atoms with Crippen LogP contribution in [0.2, 0.25) is 0 Å². The molecular formula is C26H29N3O4. The molecule has 7 heteroatoms. The van der Waals surface area contributed by atoms with Crippen LogP contribution in [0.4, 0.5) is 4.79 Å². The van der Waals surface area contributed by atoms with Gasteiger partial charge in [-0.05, 0) is 37.2 Å². The summed E-state index contributed by atoms with van der Waals surface area (Å²) in [5.74, 6) is -0.413. The number of likely N-dealkylation sites (tertiary alicyclic amines) is 1. The fraction of sp³-hybridized carbons (Fsp3) is 0.385. The maximum atomic E-state index is 12.8. The number of rotatable bonds is 8. The summed E-state index contributed by atoms with van der Waals surface area (Å²) in [6.45, 7) is 1.03. The summed E-state index contributed by atoms with van der Waals surface area (Å²) >= 11 is 0. The molecule has 2 aliphatic rings. The summed E-state index contributed by atoms with van der Waals surface area (Å²) in [7, 11) is 0. The highest BCUT2D eigenvalue weighted by molar-refractivity contribution is 6.07. The highest BCUT2D eigenvalue weighted by Gasteiger charge is 2.51. The first kappa shape index (κ1) is 22.7. The standard InChI is InChI=1S/C26H29N3O4/c30-22(20-9-5-2-6-10-20)11-12-23(31)29-17-14-21(15-18-29)26(24(32)27-25(33)28-26)16-13-19-7-3-1-4-8-19/h1-10,21H,11-18H2,(H2,27,28,32,33). The normalized spacial score (nSPS) is 20.9. The number of nitrogens with one attached hydrogen (secondary N) is 2. The van der Waals surface area contributed by atoms with Crippen molar-refractivity contribution in [3.8, 4) is 0 Å². The molecule has 7 nitrogen and oxygen atoms in total. The van der Waals surface area contributed by atoms with Gasteiger partial charge >= 0.3 is 6.03 Å². The molecule has 0 saturated carbocycles. The van der Waals surface area contributed by atoms with Gasteiger partial charge in [0.2, 0.25) is 5.91 Å². The Bertz CT molecular complexity index is 1020. The monoisotopic (exact) mass is 447 g/mol. The van der Waals surface area contributed by atoms with Crippen molar-refractivity contribution in [1.29, 1.82) is 0 Å². The Morgan fingerprint density at radius 3 is 2.15 bits per heavy atom. The molecule has 4 amide bonds. The molecule has 0 spiro atoms. The summed E-state index contributed by atoms with van der Waals surface area (Å²) in [5, 5.41) is 5.33. The largest absolute Gasteiger partial charge is 0.343 e. The molecule has 0 bridgehead atoms. The summed E-state index contributed by atoms with van der Waals surface area (Å²) in [5.41, 5.74) is 0.777. The molecular weight excluding hydrogens is 418 g/mol. The number of carbonyl (C=O) groups excluding carboxylic acids is 4. The average molecular weight is 448 g/mol. The number of piperidine rings is 1. The van der Waals surface area contributed by atoms with E-state index < -0.39 is 11.6 Å². The van der Waals surface area contributed by atoms with E-state index >= 15 is 0 Å². The third kappa shape index (κ3) is 5.13. The van der Waals surface area contributed by atoms with Crippen LogP contribution in [0.3, 0.4) is 0 Å². The number of benzene rings is 2. The molecule has 172 valence electrons. The van der Waals surface area contributed by atoms with Crippen LogP contribution in [-0.2, 0) is 16.0 Å². The Kier molecular flexibility index (Phi) is 6.87. The smallest absolute Gasteiger partial charge is 0.322 e. The summed E-state index contributed by atoms with van der Waals surface area (Å²) < 4.78 is 0. The van der Waals surface area contributed by atoms with E-state index in [0.717, 1.165) is 5.56 Å². The molecule has 4 rings (SSSR count). The number of carbonyl (C=O) groups is 4. The van der Waals surface area contributed by atoms with Gasteiger partial charge in [0.25, 0.3) is 5.91 Å². The van der Waals surface area contributed by atoms with Crippen LogP contribution < -0.4 is 10.6 Å². The second kappa shape index (κ2) is 9.98. The molecule has 2 aromatic carbocycles. The minimum atomic E-state index is -0.953. The van der Waals surface area contributed by atoms with Gasteiger partial charge in [0.1, 0.15) is 5.54 Å². The number of hydrogen-bond acceptors (Lipinski definition) is 4. The van der Waals surface area contributed by atoms with Crippen molar-refractivity contribution in [2.45, 2.75) is 44.1 Å². The molecule has 0 aromatic heterocycles. The minimum Gasteiger partial charge on any atom is -0.343 e. The predicted octanol–water partition coefficient (Wildman–Crippen LogP) is 3.10. The molecule has 2 N–H and O–H groups in total. The first-order valence-corrected chi connectivity index (χ1v) is 11.5. The van der Waals surface area contributed by atoms with E-state index in [1.807, 2.05) is 48.5 Å². The van der Waals surface area contributed by atoms with Gasteiger partial charge in [0.15, 0.2) is 5.78 Å². The zero-order valence-electron chi connectivity index (χ0n) is 18.6. The third-order valence-corrected chi connectivity index (χ3v) is 6.83. The SMILES string of the molecule is O=C1NC(=O)C(CCc2ccccc2)(C2CCN(C(=O)CCC(=O)c3ccccc3)CC2)N1. The van der Waals surface area contributed by atoms with E-state index in [2.05, 4.69) is 10.6 Å². The predicted molar refractivity (Wildman–Crippen MR) is 123 cm³/mol. The average Bonchev–Trinajstić information content (AvgIpc) is 3.16. The molecule has 1 unspecified atom stereocenters. The molecule has 33 heavy (non-hydrogen) atoms. The molecule has 0 radical (unpaired) electrons. The van der Waals surface area contributed by atoms with Gasteiger partial charge in [-0.3, -0.25) is 19.7 Å². The van der Waals surface area contributed by atoms with Crippen LogP contribution in [0.5, 0.6) is 0 Å². The maximum absolute atomic E-state index is 12.8. The first-order chi connectivity index (χ1) is 16.0. The van der Waals surface area contributed by atoms with E-state index in [9.17, 15) is 19.2 Å². The van der Waals surface area contributed by atoms with E-state index in [0.29, 0.717) is 44.3 Å². The Hall–Kier alpha value is -3.48. The quantitative estimate of drug-likeness (QED) is 0.480. The van der Waals surface area contributed by atoms with Crippen LogP contribution in [0.25, 0.3) is 0 Å². The van der Waals surface area contributed by atoms with Crippen molar-refractivity contribution in [3.63, 3.8) is 0 Å². The van der Waals surface area contributed by atoms with Crippen molar-refractivity contribution in [2.24, 2.45) is 5.92 Å².